The lowest BCUT2D eigenvalue weighted by molar-refractivity contribution is 0.0934. The summed E-state index contributed by atoms with van der Waals surface area (Å²) in [5.41, 5.74) is 0.531. The summed E-state index contributed by atoms with van der Waals surface area (Å²) < 4.78 is 10.9. The maximum Gasteiger partial charge on any atom is 0.166 e. The van der Waals surface area contributed by atoms with Crippen LogP contribution in [0, 0.1) is 5.92 Å². The predicted octanol–water partition coefficient (Wildman–Crippen LogP) is 2.66. The molecule has 0 amide bonds. The fourth-order valence-corrected chi connectivity index (χ4v) is 2.08. The largest absolute Gasteiger partial charge is 0.497 e. The minimum atomic E-state index is -0.642. The van der Waals surface area contributed by atoms with E-state index in [4.69, 9.17) is 9.47 Å². The van der Waals surface area contributed by atoms with Gasteiger partial charge in [0.2, 0.25) is 0 Å². The monoisotopic (exact) mass is 323 g/mol. The highest BCUT2D eigenvalue weighted by molar-refractivity contribution is 5.99. The van der Waals surface area contributed by atoms with Crippen LogP contribution in [0.4, 0.5) is 0 Å². The molecule has 23 heavy (non-hydrogen) atoms. The van der Waals surface area contributed by atoms with Gasteiger partial charge in [-0.3, -0.25) is 4.79 Å². The quantitative estimate of drug-likeness (QED) is 0.648. The molecule has 1 aromatic rings. The lowest BCUT2D eigenvalue weighted by atomic mass is 10.0. The molecule has 0 aliphatic heterocycles. The summed E-state index contributed by atoms with van der Waals surface area (Å²) in [4.78, 5) is 12.3. The SMILES string of the molecule is COc1ccc(C(=O)CC(C)C)c(OC[C@H](O)CNC(C)C)c1. The molecule has 0 saturated carbocycles. The molecule has 0 fully saturated rings. The fraction of sp³-hybridized carbons (Fsp3) is 0.611. The van der Waals surface area contributed by atoms with E-state index in [1.54, 1.807) is 25.3 Å². The Balaban J connectivity index is 2.79. The summed E-state index contributed by atoms with van der Waals surface area (Å²) in [7, 11) is 1.57. The molecule has 0 aliphatic carbocycles. The highest BCUT2D eigenvalue weighted by Crippen LogP contribution is 2.27. The number of aliphatic hydroxyl groups is 1. The topological polar surface area (TPSA) is 67.8 Å². The summed E-state index contributed by atoms with van der Waals surface area (Å²) in [6.07, 6.45) is -0.184. The summed E-state index contributed by atoms with van der Waals surface area (Å²) in [5, 5.41) is 13.1. The number of methoxy groups -OCH3 is 1. The summed E-state index contributed by atoms with van der Waals surface area (Å²) >= 11 is 0. The van der Waals surface area contributed by atoms with Crippen LogP contribution in [0.3, 0.4) is 0 Å². The van der Waals surface area contributed by atoms with Crippen LogP contribution in [0.2, 0.25) is 0 Å². The van der Waals surface area contributed by atoms with Gasteiger partial charge >= 0.3 is 0 Å². The Morgan fingerprint density at radius 3 is 2.52 bits per heavy atom. The first-order chi connectivity index (χ1) is 10.8. The van der Waals surface area contributed by atoms with Crippen molar-refractivity contribution in [2.24, 2.45) is 5.92 Å². The number of carbonyl (C=O) groups is 1. The lowest BCUT2D eigenvalue weighted by Gasteiger charge is -2.17. The first-order valence-corrected chi connectivity index (χ1v) is 8.09. The van der Waals surface area contributed by atoms with Crippen molar-refractivity contribution in [1.29, 1.82) is 0 Å². The third-order valence-electron chi connectivity index (χ3n) is 3.28. The second-order valence-corrected chi connectivity index (χ2v) is 6.41. The Kier molecular flexibility index (Phi) is 8.06. The van der Waals surface area contributed by atoms with Crippen LogP contribution in [-0.2, 0) is 0 Å². The Hall–Kier alpha value is -1.59. The van der Waals surface area contributed by atoms with Gasteiger partial charge in [0.15, 0.2) is 5.78 Å². The van der Waals surface area contributed by atoms with Gasteiger partial charge in [-0.2, -0.15) is 0 Å². The molecule has 1 rings (SSSR count). The van der Waals surface area contributed by atoms with Crippen LogP contribution in [0.5, 0.6) is 11.5 Å². The number of hydrogen-bond acceptors (Lipinski definition) is 5. The smallest absolute Gasteiger partial charge is 0.166 e. The average molecular weight is 323 g/mol. The van der Waals surface area contributed by atoms with Gasteiger partial charge in [0, 0.05) is 25.1 Å². The van der Waals surface area contributed by atoms with E-state index in [-0.39, 0.29) is 18.3 Å². The number of carbonyl (C=O) groups excluding carboxylic acids is 1. The van der Waals surface area contributed by atoms with Crippen LogP contribution in [0.1, 0.15) is 44.5 Å². The zero-order valence-corrected chi connectivity index (χ0v) is 14.8. The molecule has 0 saturated heterocycles. The molecule has 5 heteroatoms. The second kappa shape index (κ2) is 9.53. The van der Waals surface area contributed by atoms with Crippen molar-refractivity contribution in [1.82, 2.24) is 5.32 Å². The third kappa shape index (κ3) is 7.01. The molecule has 0 unspecified atom stereocenters. The van der Waals surface area contributed by atoms with E-state index in [0.717, 1.165) is 0 Å². The van der Waals surface area contributed by atoms with Gasteiger partial charge in [0.1, 0.15) is 24.2 Å². The number of ketones is 1. The molecule has 0 spiro atoms. The maximum absolute atomic E-state index is 12.3. The number of ether oxygens (including phenoxy) is 2. The molecule has 0 radical (unpaired) electrons. The van der Waals surface area contributed by atoms with Crippen molar-refractivity contribution in [2.45, 2.75) is 46.3 Å². The first kappa shape index (κ1) is 19.5. The fourth-order valence-electron chi connectivity index (χ4n) is 2.08. The molecular formula is C18H29NO4. The maximum atomic E-state index is 12.3. The molecule has 0 aliphatic rings. The number of aliphatic hydroxyl groups excluding tert-OH is 1. The van der Waals surface area contributed by atoms with Crippen molar-refractivity contribution in [3.05, 3.63) is 23.8 Å². The van der Waals surface area contributed by atoms with Gasteiger partial charge in [0.05, 0.1) is 12.7 Å². The van der Waals surface area contributed by atoms with Crippen LogP contribution in [0.15, 0.2) is 18.2 Å². The minimum absolute atomic E-state index is 0.0347. The molecule has 2 N–H and O–H groups in total. The van der Waals surface area contributed by atoms with E-state index in [0.29, 0.717) is 36.1 Å². The Labute approximate surface area is 139 Å². The zero-order valence-electron chi connectivity index (χ0n) is 14.8. The molecule has 0 bridgehead atoms. The Morgan fingerprint density at radius 1 is 1.26 bits per heavy atom. The van der Waals surface area contributed by atoms with E-state index < -0.39 is 6.10 Å². The lowest BCUT2D eigenvalue weighted by Crippen LogP contribution is -2.35. The summed E-state index contributed by atoms with van der Waals surface area (Å²) in [6.45, 7) is 8.59. The van der Waals surface area contributed by atoms with Gasteiger partial charge < -0.3 is 19.9 Å². The number of nitrogens with one attached hydrogen (secondary N) is 1. The normalized spacial score (nSPS) is 12.5. The van der Waals surface area contributed by atoms with Crippen molar-refractivity contribution >= 4 is 5.78 Å². The second-order valence-electron chi connectivity index (χ2n) is 6.41. The van der Waals surface area contributed by atoms with Crippen molar-refractivity contribution in [3.8, 4) is 11.5 Å². The van der Waals surface area contributed by atoms with Crippen molar-refractivity contribution < 1.29 is 19.4 Å². The number of Topliss-reactive ketones (excluding diaryl/α,β-unsaturated/α-hetero) is 1. The van der Waals surface area contributed by atoms with Gasteiger partial charge in [-0.05, 0) is 18.1 Å². The van der Waals surface area contributed by atoms with Crippen LogP contribution < -0.4 is 14.8 Å². The van der Waals surface area contributed by atoms with Crippen LogP contribution in [0.25, 0.3) is 0 Å². The first-order valence-electron chi connectivity index (χ1n) is 8.09. The molecule has 1 aromatic carbocycles. The highest BCUT2D eigenvalue weighted by Gasteiger charge is 2.16. The van der Waals surface area contributed by atoms with E-state index in [1.807, 2.05) is 27.7 Å². The highest BCUT2D eigenvalue weighted by atomic mass is 16.5. The van der Waals surface area contributed by atoms with Crippen molar-refractivity contribution in [3.63, 3.8) is 0 Å². The minimum Gasteiger partial charge on any atom is -0.497 e. The predicted molar refractivity (Wildman–Crippen MR) is 91.4 cm³/mol. The Morgan fingerprint density at radius 2 is 1.96 bits per heavy atom. The molecular weight excluding hydrogens is 294 g/mol. The van der Waals surface area contributed by atoms with E-state index in [1.165, 1.54) is 0 Å². The third-order valence-corrected chi connectivity index (χ3v) is 3.28. The summed E-state index contributed by atoms with van der Waals surface area (Å²) in [5.74, 6) is 1.39. The van der Waals surface area contributed by atoms with Gasteiger partial charge in [-0.25, -0.2) is 0 Å². The van der Waals surface area contributed by atoms with Crippen molar-refractivity contribution in [2.75, 3.05) is 20.3 Å². The molecule has 5 nitrogen and oxygen atoms in total. The number of hydrogen-bond donors (Lipinski definition) is 2. The summed E-state index contributed by atoms with van der Waals surface area (Å²) in [6, 6.07) is 5.45. The molecule has 1 atom stereocenters. The molecule has 0 heterocycles. The zero-order chi connectivity index (χ0) is 17.4. The standard InChI is InChI=1S/C18H29NO4/c1-12(2)8-17(21)16-7-6-15(22-5)9-18(16)23-11-14(20)10-19-13(3)4/h6-7,9,12-14,19-20H,8,10-11H2,1-5H3/t14-/m1/s1. The Bertz CT molecular complexity index is 500. The van der Waals surface area contributed by atoms with Gasteiger partial charge in [0.25, 0.3) is 0 Å². The molecule has 0 aromatic heterocycles. The average Bonchev–Trinajstić information content (AvgIpc) is 2.49. The number of rotatable bonds is 10. The van der Waals surface area contributed by atoms with Gasteiger partial charge in [-0.1, -0.05) is 27.7 Å². The van der Waals surface area contributed by atoms with E-state index >= 15 is 0 Å². The number of benzene rings is 1. The van der Waals surface area contributed by atoms with Gasteiger partial charge in [-0.15, -0.1) is 0 Å². The molecule has 130 valence electrons. The van der Waals surface area contributed by atoms with Crippen LogP contribution in [-0.4, -0.2) is 43.3 Å². The van der Waals surface area contributed by atoms with Crippen LogP contribution >= 0.6 is 0 Å². The van der Waals surface area contributed by atoms with E-state index in [9.17, 15) is 9.90 Å². The van der Waals surface area contributed by atoms with E-state index in [2.05, 4.69) is 5.32 Å².